The molecule has 0 radical (unpaired) electrons. The van der Waals surface area contributed by atoms with E-state index in [-0.39, 0.29) is 23.9 Å². The average Bonchev–Trinajstić information content (AvgIpc) is 3.21. The highest BCUT2D eigenvalue weighted by Crippen LogP contribution is 2.33. The number of aryl methyl sites for hydroxylation is 3. The maximum atomic E-state index is 13.3. The molecule has 0 saturated carbocycles. The van der Waals surface area contributed by atoms with Crippen molar-refractivity contribution in [3.8, 4) is 22.1 Å². The lowest BCUT2D eigenvalue weighted by molar-refractivity contribution is -0.116. The van der Waals surface area contributed by atoms with Crippen LogP contribution in [0.4, 0.5) is 5.69 Å². The summed E-state index contributed by atoms with van der Waals surface area (Å²) in [5, 5.41) is 7.47. The molecule has 0 spiro atoms. The Morgan fingerprint density at radius 3 is 2.57 bits per heavy atom. The summed E-state index contributed by atoms with van der Waals surface area (Å²) in [7, 11) is 1.59. The van der Waals surface area contributed by atoms with Crippen molar-refractivity contribution in [3.63, 3.8) is 0 Å². The summed E-state index contributed by atoms with van der Waals surface area (Å²) in [4.78, 5) is 45.1. The molecule has 2 aromatic heterocycles. The van der Waals surface area contributed by atoms with Crippen molar-refractivity contribution >= 4 is 28.8 Å². The molecule has 3 heterocycles. The molecule has 0 bridgehead atoms. The van der Waals surface area contributed by atoms with Crippen LogP contribution in [0.3, 0.4) is 0 Å². The highest BCUT2D eigenvalue weighted by molar-refractivity contribution is 7.17. The van der Waals surface area contributed by atoms with E-state index in [4.69, 9.17) is 9.47 Å². The zero-order valence-electron chi connectivity index (χ0n) is 20.3. The standard InChI is InChI=1S/C24H27N5O5S/c1-6-29(12-19(30)26-16-7-8-17-18(11-16)34-10-9-33-17)24(32)21-15(4)25-22(35-21)20-13(2)14(3)27-28(5)23(20)31/h7-8,11H,6,9-10,12H2,1-5H3,(H,26,30). The summed E-state index contributed by atoms with van der Waals surface area (Å²) < 4.78 is 12.3. The monoisotopic (exact) mass is 497 g/mol. The zero-order valence-corrected chi connectivity index (χ0v) is 21.1. The van der Waals surface area contributed by atoms with Gasteiger partial charge in [0.15, 0.2) is 11.5 Å². The predicted molar refractivity (Wildman–Crippen MR) is 132 cm³/mol. The first-order valence-corrected chi connectivity index (χ1v) is 12.0. The van der Waals surface area contributed by atoms with Gasteiger partial charge in [0.05, 0.1) is 17.0 Å². The van der Waals surface area contributed by atoms with Crippen LogP contribution < -0.4 is 20.3 Å². The fourth-order valence-corrected chi connectivity index (χ4v) is 4.90. The van der Waals surface area contributed by atoms with Crippen LogP contribution in [0, 0.1) is 20.8 Å². The fourth-order valence-electron chi connectivity index (χ4n) is 3.77. The van der Waals surface area contributed by atoms with Gasteiger partial charge < -0.3 is 19.7 Å². The van der Waals surface area contributed by atoms with Crippen LogP contribution in [-0.4, -0.2) is 57.8 Å². The van der Waals surface area contributed by atoms with Crippen LogP contribution in [0.15, 0.2) is 23.0 Å². The van der Waals surface area contributed by atoms with E-state index in [1.165, 1.54) is 9.58 Å². The Hall–Kier alpha value is -3.73. The van der Waals surface area contributed by atoms with Gasteiger partial charge in [-0.2, -0.15) is 5.10 Å². The summed E-state index contributed by atoms with van der Waals surface area (Å²) in [5.74, 6) is 0.545. The molecule has 10 nitrogen and oxygen atoms in total. The van der Waals surface area contributed by atoms with E-state index in [2.05, 4.69) is 15.4 Å². The number of carbonyl (C=O) groups is 2. The molecule has 0 aliphatic carbocycles. The largest absolute Gasteiger partial charge is 0.486 e. The van der Waals surface area contributed by atoms with Crippen molar-refractivity contribution in [1.82, 2.24) is 19.7 Å². The molecule has 0 saturated heterocycles. The Morgan fingerprint density at radius 1 is 1.14 bits per heavy atom. The van der Waals surface area contributed by atoms with Gasteiger partial charge in [0.2, 0.25) is 5.91 Å². The lowest BCUT2D eigenvalue weighted by Gasteiger charge is -2.21. The van der Waals surface area contributed by atoms with Crippen LogP contribution in [0.25, 0.3) is 10.6 Å². The Labute approximate surface area is 206 Å². The molecule has 1 N–H and O–H groups in total. The van der Waals surface area contributed by atoms with Crippen LogP contribution in [0.5, 0.6) is 11.5 Å². The molecule has 4 rings (SSSR count). The first kappa shape index (κ1) is 24.4. The molecular formula is C24H27N5O5S. The normalized spacial score (nSPS) is 12.4. The minimum atomic E-state index is -0.339. The average molecular weight is 498 g/mol. The number of likely N-dealkylation sites (N-methyl/N-ethyl adjacent to an activating group) is 1. The maximum Gasteiger partial charge on any atom is 0.277 e. The second kappa shape index (κ2) is 9.87. The highest BCUT2D eigenvalue weighted by atomic mass is 32.1. The van der Waals surface area contributed by atoms with E-state index in [0.717, 1.165) is 16.9 Å². The second-order valence-corrected chi connectivity index (χ2v) is 9.17. The van der Waals surface area contributed by atoms with Crippen molar-refractivity contribution < 1.29 is 19.1 Å². The fraction of sp³-hybridized carbons (Fsp3) is 0.375. The zero-order chi connectivity index (χ0) is 25.3. The summed E-state index contributed by atoms with van der Waals surface area (Å²) in [6.07, 6.45) is 0. The Balaban J connectivity index is 1.52. The molecule has 184 valence electrons. The number of amides is 2. The number of anilines is 1. The van der Waals surface area contributed by atoms with Gasteiger partial charge in [-0.05, 0) is 45.4 Å². The van der Waals surface area contributed by atoms with Crippen molar-refractivity contribution in [2.24, 2.45) is 7.05 Å². The molecule has 1 aromatic carbocycles. The Kier molecular flexibility index (Phi) is 6.88. The first-order valence-electron chi connectivity index (χ1n) is 11.2. The lowest BCUT2D eigenvalue weighted by Crippen LogP contribution is -2.37. The number of fused-ring (bicyclic) bond motifs is 1. The predicted octanol–water partition coefficient (Wildman–Crippen LogP) is 2.70. The SMILES string of the molecule is CCN(CC(=O)Nc1ccc2c(c1)OCCO2)C(=O)c1sc(-c2c(C)c(C)nn(C)c2=O)nc1C. The maximum absolute atomic E-state index is 13.3. The van der Waals surface area contributed by atoms with Crippen molar-refractivity contribution in [2.45, 2.75) is 27.7 Å². The molecule has 0 fully saturated rings. The van der Waals surface area contributed by atoms with E-state index >= 15 is 0 Å². The van der Waals surface area contributed by atoms with Crippen LogP contribution in [-0.2, 0) is 11.8 Å². The summed E-state index contributed by atoms with van der Waals surface area (Å²) in [6, 6.07) is 5.16. The van der Waals surface area contributed by atoms with E-state index in [9.17, 15) is 14.4 Å². The molecule has 35 heavy (non-hydrogen) atoms. The molecule has 3 aromatic rings. The van der Waals surface area contributed by atoms with E-state index in [0.29, 0.717) is 63.8 Å². The second-order valence-electron chi connectivity index (χ2n) is 8.17. The van der Waals surface area contributed by atoms with Gasteiger partial charge in [-0.1, -0.05) is 0 Å². The molecule has 0 atom stereocenters. The Morgan fingerprint density at radius 2 is 1.86 bits per heavy atom. The molecule has 1 aliphatic heterocycles. The van der Waals surface area contributed by atoms with Gasteiger partial charge in [-0.3, -0.25) is 14.4 Å². The van der Waals surface area contributed by atoms with Gasteiger partial charge in [0.1, 0.15) is 29.6 Å². The van der Waals surface area contributed by atoms with Crippen molar-refractivity contribution in [2.75, 3.05) is 31.6 Å². The minimum absolute atomic E-state index is 0.133. The number of carbonyl (C=O) groups excluding carboxylic acids is 2. The molecule has 11 heteroatoms. The third kappa shape index (κ3) is 4.90. The van der Waals surface area contributed by atoms with E-state index < -0.39 is 0 Å². The van der Waals surface area contributed by atoms with Crippen molar-refractivity contribution in [3.05, 3.63) is 50.4 Å². The summed E-state index contributed by atoms with van der Waals surface area (Å²) in [6.45, 7) is 8.30. The topological polar surface area (TPSA) is 116 Å². The van der Waals surface area contributed by atoms with Crippen LogP contribution >= 0.6 is 11.3 Å². The molecular weight excluding hydrogens is 470 g/mol. The number of nitrogens with zero attached hydrogens (tertiary/aromatic N) is 4. The summed E-state index contributed by atoms with van der Waals surface area (Å²) >= 11 is 1.15. The number of hydrogen-bond acceptors (Lipinski definition) is 8. The first-order chi connectivity index (χ1) is 16.7. The van der Waals surface area contributed by atoms with Gasteiger partial charge in [-0.15, -0.1) is 11.3 Å². The quantitative estimate of drug-likeness (QED) is 0.557. The lowest BCUT2D eigenvalue weighted by atomic mass is 10.1. The Bertz CT molecular complexity index is 1360. The van der Waals surface area contributed by atoms with E-state index in [1.54, 1.807) is 39.1 Å². The molecule has 0 unspecified atom stereocenters. The number of thiazole rings is 1. The smallest absolute Gasteiger partial charge is 0.277 e. The number of aromatic nitrogens is 3. The number of nitrogens with one attached hydrogen (secondary N) is 1. The van der Waals surface area contributed by atoms with Gasteiger partial charge in [-0.25, -0.2) is 9.67 Å². The van der Waals surface area contributed by atoms with E-state index in [1.807, 2.05) is 13.8 Å². The van der Waals surface area contributed by atoms with Gasteiger partial charge in [0.25, 0.3) is 11.5 Å². The van der Waals surface area contributed by atoms with Gasteiger partial charge >= 0.3 is 0 Å². The number of benzene rings is 1. The minimum Gasteiger partial charge on any atom is -0.486 e. The number of ether oxygens (including phenoxy) is 2. The number of hydrogen-bond donors (Lipinski definition) is 1. The third-order valence-electron chi connectivity index (χ3n) is 5.76. The van der Waals surface area contributed by atoms with Gasteiger partial charge in [0, 0.05) is 25.3 Å². The highest BCUT2D eigenvalue weighted by Gasteiger charge is 2.25. The molecule has 2 amide bonds. The van der Waals surface area contributed by atoms with Crippen LogP contribution in [0.2, 0.25) is 0 Å². The third-order valence-corrected chi connectivity index (χ3v) is 6.92. The number of rotatable bonds is 6. The van der Waals surface area contributed by atoms with Crippen LogP contribution in [0.1, 0.15) is 33.5 Å². The molecule has 1 aliphatic rings. The van der Waals surface area contributed by atoms with Crippen molar-refractivity contribution in [1.29, 1.82) is 0 Å². The summed E-state index contributed by atoms with van der Waals surface area (Å²) in [5.41, 5.74) is 2.68.